The number of hydrogen-bond acceptors (Lipinski definition) is 2. The molecule has 0 unspecified atom stereocenters. The van der Waals surface area contributed by atoms with Gasteiger partial charge in [-0.3, -0.25) is 4.79 Å². The molecular formula is C11H15NO. The minimum atomic E-state index is 0.0722. The number of terminal acetylenes is 1. The second-order valence-corrected chi connectivity index (χ2v) is 4.21. The summed E-state index contributed by atoms with van der Waals surface area (Å²) < 4.78 is 0. The van der Waals surface area contributed by atoms with Crippen molar-refractivity contribution in [2.75, 3.05) is 6.54 Å². The second-order valence-electron chi connectivity index (χ2n) is 4.21. The van der Waals surface area contributed by atoms with Crippen LogP contribution in [0.15, 0.2) is 11.8 Å². The maximum absolute atomic E-state index is 11.3. The first-order chi connectivity index (χ1) is 6.03. The van der Waals surface area contributed by atoms with Gasteiger partial charge in [-0.15, -0.1) is 6.42 Å². The van der Waals surface area contributed by atoms with E-state index in [1.807, 2.05) is 0 Å². The van der Waals surface area contributed by atoms with Gasteiger partial charge in [-0.05, 0) is 11.8 Å². The van der Waals surface area contributed by atoms with E-state index in [2.05, 4.69) is 25.1 Å². The molecule has 0 amide bonds. The van der Waals surface area contributed by atoms with Crippen molar-refractivity contribution in [2.24, 2.45) is 5.41 Å². The number of ketones is 1. The SMILES string of the molecule is C#CCNC1=CC(=O)CC(C)(C)C1. The lowest BCUT2D eigenvalue weighted by Crippen LogP contribution is -2.27. The highest BCUT2D eigenvalue weighted by Gasteiger charge is 2.26. The van der Waals surface area contributed by atoms with Gasteiger partial charge >= 0.3 is 0 Å². The van der Waals surface area contributed by atoms with Crippen LogP contribution in [-0.2, 0) is 4.79 Å². The Morgan fingerprint density at radius 1 is 1.62 bits per heavy atom. The standard InChI is InChI=1S/C11H15NO/c1-4-5-12-9-6-10(13)8-11(2,3)7-9/h1,6,12H,5,7-8H2,2-3H3. The first-order valence-electron chi connectivity index (χ1n) is 4.44. The zero-order chi connectivity index (χ0) is 9.90. The van der Waals surface area contributed by atoms with E-state index in [1.54, 1.807) is 6.08 Å². The average molecular weight is 177 g/mol. The Morgan fingerprint density at radius 2 is 2.31 bits per heavy atom. The van der Waals surface area contributed by atoms with Gasteiger partial charge in [-0.2, -0.15) is 0 Å². The first kappa shape index (κ1) is 9.85. The fourth-order valence-electron chi connectivity index (χ4n) is 1.62. The smallest absolute Gasteiger partial charge is 0.157 e. The monoisotopic (exact) mass is 177 g/mol. The van der Waals surface area contributed by atoms with Crippen LogP contribution in [0.1, 0.15) is 26.7 Å². The molecule has 0 aliphatic heterocycles. The summed E-state index contributed by atoms with van der Waals surface area (Å²) >= 11 is 0. The third-order valence-corrected chi connectivity index (χ3v) is 2.07. The zero-order valence-corrected chi connectivity index (χ0v) is 8.18. The Hall–Kier alpha value is -1.23. The highest BCUT2D eigenvalue weighted by molar-refractivity contribution is 5.91. The zero-order valence-electron chi connectivity index (χ0n) is 8.18. The Balaban J connectivity index is 2.65. The van der Waals surface area contributed by atoms with E-state index in [0.29, 0.717) is 13.0 Å². The quantitative estimate of drug-likeness (QED) is 0.647. The molecule has 13 heavy (non-hydrogen) atoms. The van der Waals surface area contributed by atoms with Gasteiger partial charge in [0.25, 0.3) is 0 Å². The Kier molecular flexibility index (Phi) is 2.77. The van der Waals surface area contributed by atoms with Crippen LogP contribution in [0, 0.1) is 17.8 Å². The van der Waals surface area contributed by atoms with Crippen molar-refractivity contribution in [3.8, 4) is 12.3 Å². The number of allylic oxidation sites excluding steroid dienone is 2. The van der Waals surface area contributed by atoms with Crippen molar-refractivity contribution in [3.05, 3.63) is 11.8 Å². The maximum Gasteiger partial charge on any atom is 0.157 e. The molecule has 2 nitrogen and oxygen atoms in total. The molecule has 0 heterocycles. The summed E-state index contributed by atoms with van der Waals surface area (Å²) in [5.41, 5.74) is 1.04. The van der Waals surface area contributed by atoms with Crippen LogP contribution in [0.3, 0.4) is 0 Å². The van der Waals surface area contributed by atoms with Gasteiger partial charge in [0, 0.05) is 18.2 Å². The number of carbonyl (C=O) groups is 1. The van der Waals surface area contributed by atoms with Gasteiger partial charge in [0.05, 0.1) is 6.54 Å². The molecule has 0 aromatic rings. The summed E-state index contributed by atoms with van der Waals surface area (Å²) in [4.78, 5) is 11.3. The van der Waals surface area contributed by atoms with E-state index in [4.69, 9.17) is 6.42 Å². The van der Waals surface area contributed by atoms with Crippen molar-refractivity contribution >= 4 is 5.78 Å². The highest BCUT2D eigenvalue weighted by atomic mass is 16.1. The van der Waals surface area contributed by atoms with Crippen LogP contribution >= 0.6 is 0 Å². The lowest BCUT2D eigenvalue weighted by molar-refractivity contribution is -0.117. The van der Waals surface area contributed by atoms with E-state index in [0.717, 1.165) is 12.1 Å². The van der Waals surface area contributed by atoms with Gasteiger partial charge in [-0.1, -0.05) is 19.8 Å². The third-order valence-electron chi connectivity index (χ3n) is 2.07. The molecule has 1 aliphatic carbocycles. The molecule has 0 aromatic heterocycles. The van der Waals surface area contributed by atoms with Crippen LogP contribution in [-0.4, -0.2) is 12.3 Å². The minimum Gasteiger partial charge on any atom is -0.377 e. The predicted octanol–water partition coefficient (Wildman–Crippen LogP) is 1.48. The minimum absolute atomic E-state index is 0.0722. The van der Waals surface area contributed by atoms with Crippen molar-refractivity contribution in [2.45, 2.75) is 26.7 Å². The molecule has 0 fully saturated rings. The fraction of sp³-hybridized carbons (Fsp3) is 0.545. The predicted molar refractivity (Wildman–Crippen MR) is 52.9 cm³/mol. The molecule has 2 heteroatoms. The summed E-state index contributed by atoms with van der Waals surface area (Å²) in [6.07, 6.45) is 8.33. The van der Waals surface area contributed by atoms with Gasteiger partial charge in [0.1, 0.15) is 0 Å². The highest BCUT2D eigenvalue weighted by Crippen LogP contribution is 2.32. The second kappa shape index (κ2) is 3.66. The van der Waals surface area contributed by atoms with E-state index in [1.165, 1.54) is 0 Å². The Labute approximate surface area is 79.4 Å². The largest absolute Gasteiger partial charge is 0.377 e. The molecule has 0 aromatic carbocycles. The fourth-order valence-corrected chi connectivity index (χ4v) is 1.62. The summed E-state index contributed by atoms with van der Waals surface area (Å²) in [7, 11) is 0. The molecule has 1 N–H and O–H groups in total. The summed E-state index contributed by atoms with van der Waals surface area (Å²) in [6.45, 7) is 4.68. The molecule has 0 atom stereocenters. The van der Waals surface area contributed by atoms with Crippen molar-refractivity contribution in [1.82, 2.24) is 5.32 Å². The first-order valence-corrected chi connectivity index (χ1v) is 4.44. The van der Waals surface area contributed by atoms with Crippen LogP contribution in [0.25, 0.3) is 0 Å². The topological polar surface area (TPSA) is 29.1 Å². The third kappa shape index (κ3) is 2.95. The summed E-state index contributed by atoms with van der Waals surface area (Å²) in [5.74, 6) is 2.68. The number of nitrogens with one attached hydrogen (secondary N) is 1. The van der Waals surface area contributed by atoms with Crippen molar-refractivity contribution in [1.29, 1.82) is 0 Å². The Bertz CT molecular complexity index is 281. The molecule has 0 bridgehead atoms. The van der Waals surface area contributed by atoms with Crippen molar-refractivity contribution < 1.29 is 4.79 Å². The summed E-state index contributed by atoms with van der Waals surface area (Å²) in [6, 6.07) is 0. The molecule has 1 rings (SSSR count). The lowest BCUT2D eigenvalue weighted by Gasteiger charge is -2.28. The number of rotatable bonds is 2. The van der Waals surface area contributed by atoms with E-state index in [9.17, 15) is 4.79 Å². The van der Waals surface area contributed by atoms with Crippen LogP contribution in [0.5, 0.6) is 0 Å². The maximum atomic E-state index is 11.3. The molecule has 1 aliphatic rings. The van der Waals surface area contributed by atoms with Gasteiger partial charge in [0.2, 0.25) is 0 Å². The summed E-state index contributed by atoms with van der Waals surface area (Å²) in [5, 5.41) is 3.06. The number of carbonyl (C=O) groups excluding carboxylic acids is 1. The number of hydrogen-bond donors (Lipinski definition) is 1. The Morgan fingerprint density at radius 3 is 2.85 bits per heavy atom. The van der Waals surface area contributed by atoms with Crippen LogP contribution in [0.4, 0.5) is 0 Å². The van der Waals surface area contributed by atoms with Gasteiger partial charge in [-0.25, -0.2) is 0 Å². The van der Waals surface area contributed by atoms with Crippen LogP contribution in [0.2, 0.25) is 0 Å². The normalized spacial score (nSPS) is 20.4. The van der Waals surface area contributed by atoms with Crippen LogP contribution < -0.4 is 5.32 Å². The van der Waals surface area contributed by atoms with E-state index < -0.39 is 0 Å². The van der Waals surface area contributed by atoms with E-state index in [-0.39, 0.29) is 11.2 Å². The molecule has 70 valence electrons. The molecule has 0 saturated carbocycles. The van der Waals surface area contributed by atoms with Crippen molar-refractivity contribution in [3.63, 3.8) is 0 Å². The molecule has 0 saturated heterocycles. The molecular weight excluding hydrogens is 162 g/mol. The van der Waals surface area contributed by atoms with Gasteiger partial charge in [0.15, 0.2) is 5.78 Å². The van der Waals surface area contributed by atoms with Gasteiger partial charge < -0.3 is 5.32 Å². The molecule has 0 spiro atoms. The van der Waals surface area contributed by atoms with E-state index >= 15 is 0 Å². The average Bonchev–Trinajstić information content (AvgIpc) is 1.97. The lowest BCUT2D eigenvalue weighted by atomic mass is 9.79. The molecule has 0 radical (unpaired) electrons.